The Hall–Kier alpha value is -1.02. The molecule has 2 aliphatic rings. The summed E-state index contributed by atoms with van der Waals surface area (Å²) < 4.78 is 4.40. The van der Waals surface area contributed by atoms with E-state index in [0.29, 0.717) is 0 Å². The van der Waals surface area contributed by atoms with Crippen LogP contribution in [-0.4, -0.2) is 71.5 Å². The second kappa shape index (κ2) is 8.89. The van der Waals surface area contributed by atoms with Crippen LogP contribution in [0.2, 0.25) is 0 Å². The van der Waals surface area contributed by atoms with Crippen molar-refractivity contribution in [2.45, 2.75) is 26.2 Å². The van der Waals surface area contributed by atoms with Crippen molar-refractivity contribution in [1.82, 2.24) is 19.6 Å². The average Bonchev–Trinajstić information content (AvgIpc) is 3.13. The molecular formula is C16H28N6S2. The Kier molecular flexibility index (Phi) is 6.59. The van der Waals surface area contributed by atoms with Gasteiger partial charge < -0.3 is 15.1 Å². The minimum absolute atomic E-state index is 0.804. The Morgan fingerprint density at radius 2 is 2.00 bits per heavy atom. The molecule has 1 N–H and O–H groups in total. The van der Waals surface area contributed by atoms with Crippen molar-refractivity contribution >= 4 is 34.4 Å². The molecule has 0 aromatic carbocycles. The molecule has 24 heavy (non-hydrogen) atoms. The van der Waals surface area contributed by atoms with Crippen LogP contribution in [0.15, 0.2) is 4.99 Å². The van der Waals surface area contributed by atoms with Crippen molar-refractivity contribution in [2.24, 2.45) is 10.9 Å². The molecule has 0 amide bonds. The Morgan fingerprint density at radius 3 is 2.62 bits per heavy atom. The third kappa shape index (κ3) is 4.53. The first kappa shape index (κ1) is 17.8. The summed E-state index contributed by atoms with van der Waals surface area (Å²) in [6.07, 6.45) is 3.57. The molecule has 8 heteroatoms. The second-order valence-electron chi connectivity index (χ2n) is 6.30. The fourth-order valence-electron chi connectivity index (χ4n) is 3.14. The molecule has 134 valence electrons. The number of aromatic nitrogens is 2. The summed E-state index contributed by atoms with van der Waals surface area (Å²) in [4.78, 5) is 13.8. The van der Waals surface area contributed by atoms with Gasteiger partial charge in [-0.25, -0.2) is 4.98 Å². The number of nitrogens with zero attached hydrogens (tertiary/aromatic N) is 5. The summed E-state index contributed by atoms with van der Waals surface area (Å²) in [5.41, 5.74) is 0. The van der Waals surface area contributed by atoms with Crippen LogP contribution in [0.3, 0.4) is 0 Å². The number of nitrogens with one attached hydrogen (secondary N) is 1. The van der Waals surface area contributed by atoms with E-state index in [1.165, 1.54) is 35.9 Å². The molecule has 0 bridgehead atoms. The number of piperazine rings is 1. The molecule has 0 radical (unpaired) electrons. The van der Waals surface area contributed by atoms with Crippen LogP contribution in [0, 0.1) is 5.92 Å². The number of hydrogen-bond acceptors (Lipinski definition) is 6. The van der Waals surface area contributed by atoms with E-state index in [9.17, 15) is 0 Å². The molecule has 0 aliphatic carbocycles. The Labute approximate surface area is 153 Å². The van der Waals surface area contributed by atoms with Gasteiger partial charge in [0.05, 0.1) is 0 Å². The molecule has 2 fully saturated rings. The normalized spacial score (nSPS) is 20.5. The SMILES string of the molecule is CCc1nsc(N2CCN(C(=NC)NCC3CCSCC3)CC2)n1. The molecule has 3 rings (SSSR count). The molecule has 1 aromatic heterocycles. The number of hydrogen-bond donors (Lipinski definition) is 1. The summed E-state index contributed by atoms with van der Waals surface area (Å²) in [5.74, 6) is 5.44. The van der Waals surface area contributed by atoms with Gasteiger partial charge in [0.15, 0.2) is 5.96 Å². The van der Waals surface area contributed by atoms with Crippen LogP contribution in [-0.2, 0) is 6.42 Å². The fraction of sp³-hybridized carbons (Fsp3) is 0.812. The van der Waals surface area contributed by atoms with Crippen molar-refractivity contribution < 1.29 is 0 Å². The van der Waals surface area contributed by atoms with Crippen LogP contribution in [0.1, 0.15) is 25.6 Å². The quantitative estimate of drug-likeness (QED) is 0.647. The van der Waals surface area contributed by atoms with E-state index in [-0.39, 0.29) is 0 Å². The van der Waals surface area contributed by atoms with Crippen LogP contribution >= 0.6 is 23.3 Å². The number of rotatable bonds is 4. The summed E-state index contributed by atoms with van der Waals surface area (Å²) in [5, 5.41) is 4.66. The molecule has 3 heterocycles. The summed E-state index contributed by atoms with van der Waals surface area (Å²) in [7, 11) is 1.89. The van der Waals surface area contributed by atoms with E-state index < -0.39 is 0 Å². The maximum Gasteiger partial charge on any atom is 0.205 e. The standard InChI is InChI=1S/C16H28N6S2/c1-3-14-19-16(24-20-14)22-8-6-21(7-9-22)15(17-2)18-12-13-4-10-23-11-5-13/h13H,3-12H2,1-2H3,(H,17,18). The minimum Gasteiger partial charge on any atom is -0.356 e. The number of aryl methyl sites for hydroxylation is 1. The Bertz CT molecular complexity index is 532. The van der Waals surface area contributed by atoms with Gasteiger partial charge in [-0.2, -0.15) is 16.1 Å². The lowest BCUT2D eigenvalue weighted by Crippen LogP contribution is -2.53. The number of aliphatic imine (C=N–C) groups is 1. The first-order chi connectivity index (χ1) is 11.8. The van der Waals surface area contributed by atoms with E-state index in [0.717, 1.165) is 62.0 Å². The zero-order valence-corrected chi connectivity index (χ0v) is 16.3. The molecule has 1 aromatic rings. The first-order valence-corrected chi connectivity index (χ1v) is 10.8. The van der Waals surface area contributed by atoms with E-state index in [1.807, 2.05) is 7.05 Å². The molecule has 6 nitrogen and oxygen atoms in total. The first-order valence-electron chi connectivity index (χ1n) is 8.91. The van der Waals surface area contributed by atoms with Crippen molar-refractivity contribution in [1.29, 1.82) is 0 Å². The van der Waals surface area contributed by atoms with E-state index in [4.69, 9.17) is 0 Å². The van der Waals surface area contributed by atoms with Gasteiger partial charge in [0.1, 0.15) is 5.82 Å². The van der Waals surface area contributed by atoms with E-state index in [1.54, 1.807) is 0 Å². The lowest BCUT2D eigenvalue weighted by Gasteiger charge is -2.36. The van der Waals surface area contributed by atoms with Crippen LogP contribution < -0.4 is 10.2 Å². The van der Waals surface area contributed by atoms with Crippen LogP contribution in [0.5, 0.6) is 0 Å². The number of guanidine groups is 1. The number of thioether (sulfide) groups is 1. The molecule has 0 atom stereocenters. The van der Waals surface area contributed by atoms with Crippen molar-refractivity contribution in [3.05, 3.63) is 5.82 Å². The number of anilines is 1. The maximum absolute atomic E-state index is 4.61. The molecule has 0 unspecified atom stereocenters. The third-order valence-corrected chi connectivity index (χ3v) is 6.59. The Morgan fingerprint density at radius 1 is 1.25 bits per heavy atom. The van der Waals surface area contributed by atoms with Gasteiger partial charge in [0, 0.05) is 57.7 Å². The van der Waals surface area contributed by atoms with Crippen LogP contribution in [0.4, 0.5) is 5.13 Å². The highest BCUT2D eigenvalue weighted by atomic mass is 32.2. The zero-order valence-electron chi connectivity index (χ0n) is 14.7. The van der Waals surface area contributed by atoms with Gasteiger partial charge in [0.2, 0.25) is 5.13 Å². The topological polar surface area (TPSA) is 56.7 Å². The lowest BCUT2D eigenvalue weighted by molar-refractivity contribution is 0.365. The molecular weight excluding hydrogens is 340 g/mol. The van der Waals surface area contributed by atoms with Gasteiger partial charge in [-0.15, -0.1) is 0 Å². The highest BCUT2D eigenvalue weighted by molar-refractivity contribution is 7.99. The third-order valence-electron chi connectivity index (χ3n) is 4.72. The lowest BCUT2D eigenvalue weighted by atomic mass is 10.0. The largest absolute Gasteiger partial charge is 0.356 e. The van der Waals surface area contributed by atoms with Gasteiger partial charge in [-0.1, -0.05) is 6.92 Å². The molecule has 2 saturated heterocycles. The second-order valence-corrected chi connectivity index (χ2v) is 8.26. The van der Waals surface area contributed by atoms with Crippen molar-refractivity contribution in [3.63, 3.8) is 0 Å². The maximum atomic E-state index is 4.61. The zero-order chi connectivity index (χ0) is 16.8. The predicted molar refractivity (Wildman–Crippen MR) is 104 cm³/mol. The Balaban J connectivity index is 1.47. The van der Waals surface area contributed by atoms with Gasteiger partial charge in [0.25, 0.3) is 0 Å². The monoisotopic (exact) mass is 368 g/mol. The predicted octanol–water partition coefficient (Wildman–Crippen LogP) is 1.94. The van der Waals surface area contributed by atoms with Gasteiger partial charge in [-0.3, -0.25) is 4.99 Å². The van der Waals surface area contributed by atoms with Gasteiger partial charge in [-0.05, 0) is 30.3 Å². The summed E-state index contributed by atoms with van der Waals surface area (Å²) >= 11 is 3.61. The van der Waals surface area contributed by atoms with E-state index >= 15 is 0 Å². The highest BCUT2D eigenvalue weighted by Crippen LogP contribution is 2.22. The fourth-order valence-corrected chi connectivity index (χ4v) is 5.15. The molecule has 0 saturated carbocycles. The highest BCUT2D eigenvalue weighted by Gasteiger charge is 2.22. The minimum atomic E-state index is 0.804. The summed E-state index contributed by atoms with van der Waals surface area (Å²) in [6.45, 7) is 7.11. The summed E-state index contributed by atoms with van der Waals surface area (Å²) in [6, 6.07) is 0. The van der Waals surface area contributed by atoms with Crippen molar-refractivity contribution in [3.8, 4) is 0 Å². The van der Waals surface area contributed by atoms with Crippen molar-refractivity contribution in [2.75, 3.05) is 56.2 Å². The van der Waals surface area contributed by atoms with E-state index in [2.05, 4.69) is 48.2 Å². The molecule has 0 spiro atoms. The van der Waals surface area contributed by atoms with Gasteiger partial charge >= 0.3 is 0 Å². The van der Waals surface area contributed by atoms with Crippen LogP contribution in [0.25, 0.3) is 0 Å². The average molecular weight is 369 g/mol. The molecule has 2 aliphatic heterocycles. The smallest absolute Gasteiger partial charge is 0.205 e.